The first kappa shape index (κ1) is 11.3. The van der Waals surface area contributed by atoms with E-state index < -0.39 is 0 Å². The fraction of sp³-hybridized carbons (Fsp3) is 0.538. The van der Waals surface area contributed by atoms with Crippen molar-refractivity contribution in [1.82, 2.24) is 0 Å². The van der Waals surface area contributed by atoms with Gasteiger partial charge < -0.3 is 15.4 Å². The van der Waals surface area contributed by atoms with Crippen molar-refractivity contribution in [2.45, 2.75) is 32.4 Å². The third-order valence-corrected chi connectivity index (χ3v) is 3.47. The summed E-state index contributed by atoms with van der Waals surface area (Å²) in [6.07, 6.45) is 1.14. The summed E-state index contributed by atoms with van der Waals surface area (Å²) < 4.78 is 5.90. The van der Waals surface area contributed by atoms with Crippen LogP contribution >= 0.6 is 0 Å². The number of hydrogen-bond acceptors (Lipinski definition) is 3. The van der Waals surface area contributed by atoms with Gasteiger partial charge in [-0.1, -0.05) is 13.0 Å². The Hall–Kier alpha value is -1.22. The molecule has 3 nitrogen and oxygen atoms in total. The number of aryl methyl sites for hydroxylation is 1. The van der Waals surface area contributed by atoms with Crippen LogP contribution < -0.4 is 15.4 Å². The molecule has 0 amide bonds. The third-order valence-electron chi connectivity index (χ3n) is 3.47. The van der Waals surface area contributed by atoms with Crippen LogP contribution in [0.1, 0.15) is 19.4 Å². The lowest BCUT2D eigenvalue weighted by Gasteiger charge is -2.39. The zero-order valence-corrected chi connectivity index (χ0v) is 10.2. The Kier molecular flexibility index (Phi) is 3.06. The van der Waals surface area contributed by atoms with Crippen LogP contribution in [0.5, 0.6) is 5.75 Å². The Labute approximate surface area is 97.2 Å². The van der Waals surface area contributed by atoms with Crippen molar-refractivity contribution < 1.29 is 4.74 Å². The Morgan fingerprint density at radius 1 is 1.44 bits per heavy atom. The number of likely N-dealkylation sites (N-methyl/N-ethyl adjacent to an activating group) is 1. The van der Waals surface area contributed by atoms with Gasteiger partial charge in [0.1, 0.15) is 11.9 Å². The predicted molar refractivity (Wildman–Crippen MR) is 67.2 cm³/mol. The third kappa shape index (κ3) is 1.76. The Morgan fingerprint density at radius 3 is 2.81 bits per heavy atom. The molecule has 16 heavy (non-hydrogen) atoms. The van der Waals surface area contributed by atoms with Crippen molar-refractivity contribution in [2.24, 2.45) is 5.73 Å². The van der Waals surface area contributed by atoms with Gasteiger partial charge in [-0.3, -0.25) is 0 Å². The van der Waals surface area contributed by atoms with Gasteiger partial charge in [-0.25, -0.2) is 0 Å². The molecule has 0 radical (unpaired) electrons. The first-order valence-electron chi connectivity index (χ1n) is 5.89. The molecule has 0 saturated carbocycles. The summed E-state index contributed by atoms with van der Waals surface area (Å²) in [6.45, 7) is 4.87. The highest BCUT2D eigenvalue weighted by atomic mass is 16.5. The van der Waals surface area contributed by atoms with Crippen LogP contribution in [-0.4, -0.2) is 25.7 Å². The zero-order valence-electron chi connectivity index (χ0n) is 10.2. The number of nitrogens with two attached hydrogens (primary N) is 1. The van der Waals surface area contributed by atoms with Crippen molar-refractivity contribution in [3.63, 3.8) is 0 Å². The van der Waals surface area contributed by atoms with Crippen molar-refractivity contribution in [3.05, 3.63) is 23.8 Å². The highest BCUT2D eigenvalue weighted by molar-refractivity contribution is 5.62. The van der Waals surface area contributed by atoms with Gasteiger partial charge in [-0.05, 0) is 31.0 Å². The molecule has 1 aromatic rings. The Bertz CT molecular complexity index is 378. The number of ether oxygens (including phenoxy) is 1. The van der Waals surface area contributed by atoms with E-state index in [4.69, 9.17) is 10.5 Å². The van der Waals surface area contributed by atoms with Gasteiger partial charge >= 0.3 is 0 Å². The summed E-state index contributed by atoms with van der Waals surface area (Å²) in [5.74, 6) is 0.952. The molecule has 1 aliphatic heterocycles. The maximum atomic E-state index is 5.90. The molecule has 3 heteroatoms. The summed E-state index contributed by atoms with van der Waals surface area (Å²) >= 11 is 0. The molecule has 0 bridgehead atoms. The van der Waals surface area contributed by atoms with Gasteiger partial charge in [0.2, 0.25) is 0 Å². The predicted octanol–water partition coefficient (Wildman–Crippen LogP) is 1.79. The van der Waals surface area contributed by atoms with E-state index in [0.717, 1.165) is 12.2 Å². The smallest absolute Gasteiger partial charge is 0.143 e. The first-order valence-corrected chi connectivity index (χ1v) is 5.89. The molecule has 1 aliphatic rings. The van der Waals surface area contributed by atoms with Gasteiger partial charge in [-0.15, -0.1) is 0 Å². The molecule has 1 aromatic carbocycles. The first-order chi connectivity index (χ1) is 7.67. The van der Waals surface area contributed by atoms with Crippen LogP contribution in [0.3, 0.4) is 0 Å². The lowest BCUT2D eigenvalue weighted by atomic mass is 10.0. The molecule has 0 aliphatic carbocycles. The normalized spacial score (nSPS) is 23.9. The van der Waals surface area contributed by atoms with Gasteiger partial charge in [0.25, 0.3) is 0 Å². The number of nitrogens with zero attached hydrogens (tertiary/aromatic N) is 1. The number of fused-ring (bicyclic) bond motifs is 1. The maximum Gasteiger partial charge on any atom is 0.143 e. The van der Waals surface area contributed by atoms with E-state index in [1.54, 1.807) is 0 Å². The van der Waals surface area contributed by atoms with Crippen LogP contribution in [0.25, 0.3) is 0 Å². The molecular weight excluding hydrogens is 200 g/mol. The number of anilines is 1. The summed E-state index contributed by atoms with van der Waals surface area (Å²) in [6, 6.07) is 6.71. The minimum absolute atomic E-state index is 0.0879. The molecule has 2 N–H and O–H groups in total. The topological polar surface area (TPSA) is 38.5 Å². The quantitative estimate of drug-likeness (QED) is 0.826. The van der Waals surface area contributed by atoms with Crippen LogP contribution in [-0.2, 0) is 6.42 Å². The Morgan fingerprint density at radius 2 is 2.19 bits per heavy atom. The monoisotopic (exact) mass is 220 g/mol. The second kappa shape index (κ2) is 4.34. The molecule has 88 valence electrons. The van der Waals surface area contributed by atoms with Gasteiger partial charge in [-0.2, -0.15) is 0 Å². The molecular formula is C13H20N2O. The lowest BCUT2D eigenvalue weighted by molar-refractivity contribution is 0.168. The highest BCUT2D eigenvalue weighted by Gasteiger charge is 2.29. The molecule has 2 rings (SSSR count). The van der Waals surface area contributed by atoms with E-state index in [9.17, 15) is 0 Å². The molecule has 0 saturated heterocycles. The Balaban J connectivity index is 2.38. The average Bonchev–Trinajstić information content (AvgIpc) is 2.33. The minimum Gasteiger partial charge on any atom is -0.485 e. The molecule has 2 atom stereocenters. The minimum atomic E-state index is 0.0879. The fourth-order valence-corrected chi connectivity index (χ4v) is 2.13. The lowest BCUT2D eigenvalue weighted by Crippen LogP contribution is -2.49. The standard InChI is InChI=1S/C13H20N2O/c1-4-10-5-6-12-11(7-10)15(3)9(2)13(8-14)16-12/h5-7,9,13H,4,8,14H2,1-3H3. The van der Waals surface area contributed by atoms with E-state index >= 15 is 0 Å². The van der Waals surface area contributed by atoms with Crippen molar-refractivity contribution in [3.8, 4) is 5.75 Å². The molecule has 2 unspecified atom stereocenters. The second-order valence-corrected chi connectivity index (χ2v) is 4.40. The van der Waals surface area contributed by atoms with E-state index in [-0.39, 0.29) is 6.10 Å². The highest BCUT2D eigenvalue weighted by Crippen LogP contribution is 2.35. The van der Waals surface area contributed by atoms with Crippen LogP contribution in [0.2, 0.25) is 0 Å². The maximum absolute atomic E-state index is 5.90. The van der Waals surface area contributed by atoms with E-state index in [1.807, 2.05) is 0 Å². The van der Waals surface area contributed by atoms with E-state index in [0.29, 0.717) is 12.6 Å². The van der Waals surface area contributed by atoms with Crippen LogP contribution in [0, 0.1) is 0 Å². The van der Waals surface area contributed by atoms with Crippen molar-refractivity contribution in [1.29, 1.82) is 0 Å². The molecule has 0 spiro atoms. The summed E-state index contributed by atoms with van der Waals surface area (Å²) in [7, 11) is 2.11. The van der Waals surface area contributed by atoms with E-state index in [1.165, 1.54) is 11.3 Å². The number of benzene rings is 1. The van der Waals surface area contributed by atoms with Gasteiger partial charge in [0.15, 0.2) is 0 Å². The van der Waals surface area contributed by atoms with Gasteiger partial charge in [0.05, 0.1) is 11.7 Å². The van der Waals surface area contributed by atoms with Gasteiger partial charge in [0, 0.05) is 13.6 Å². The summed E-state index contributed by atoms with van der Waals surface area (Å²) in [5, 5.41) is 0. The second-order valence-electron chi connectivity index (χ2n) is 4.40. The average molecular weight is 220 g/mol. The van der Waals surface area contributed by atoms with Crippen molar-refractivity contribution >= 4 is 5.69 Å². The zero-order chi connectivity index (χ0) is 11.7. The molecule has 1 heterocycles. The van der Waals surface area contributed by atoms with Crippen LogP contribution in [0.15, 0.2) is 18.2 Å². The number of rotatable bonds is 2. The molecule has 0 aromatic heterocycles. The number of hydrogen-bond donors (Lipinski definition) is 1. The largest absolute Gasteiger partial charge is 0.485 e. The summed E-state index contributed by atoms with van der Waals surface area (Å²) in [4.78, 5) is 2.26. The SMILES string of the molecule is CCc1ccc2c(c1)N(C)C(C)C(CN)O2. The molecule has 0 fully saturated rings. The summed E-state index contributed by atoms with van der Waals surface area (Å²) in [5.41, 5.74) is 8.24. The van der Waals surface area contributed by atoms with Crippen LogP contribution in [0.4, 0.5) is 5.69 Å². The van der Waals surface area contributed by atoms with E-state index in [2.05, 4.69) is 44.0 Å². The fourth-order valence-electron chi connectivity index (χ4n) is 2.13. The van der Waals surface area contributed by atoms with Crippen molar-refractivity contribution in [2.75, 3.05) is 18.5 Å².